The second-order valence-corrected chi connectivity index (χ2v) is 6.12. The fourth-order valence-electron chi connectivity index (χ4n) is 1.77. The summed E-state index contributed by atoms with van der Waals surface area (Å²) in [7, 11) is 0. The van der Waals surface area contributed by atoms with Gasteiger partial charge in [0.1, 0.15) is 6.73 Å². The molecule has 104 valence electrons. The second-order valence-electron chi connectivity index (χ2n) is 4.89. The molecule has 0 unspecified atom stereocenters. The molecule has 7 heteroatoms. The van der Waals surface area contributed by atoms with E-state index in [0.717, 1.165) is 0 Å². The van der Waals surface area contributed by atoms with Crippen LogP contribution in [0, 0.1) is 0 Å². The molecular weight excluding hydrogens is 311 g/mol. The lowest BCUT2D eigenvalue weighted by Crippen LogP contribution is -2.46. The van der Waals surface area contributed by atoms with Crippen molar-refractivity contribution in [2.45, 2.75) is 19.4 Å². The number of halogens is 3. The van der Waals surface area contributed by atoms with Gasteiger partial charge in [0.25, 0.3) is 0 Å². The highest BCUT2D eigenvalue weighted by molar-refractivity contribution is 6.44. The third kappa shape index (κ3) is 3.08. The van der Waals surface area contributed by atoms with Gasteiger partial charge < -0.3 is 10.1 Å². The molecule has 0 saturated carbocycles. The lowest BCUT2D eigenvalue weighted by atomic mass is 10.1. The van der Waals surface area contributed by atoms with Crippen LogP contribution in [0.1, 0.15) is 13.8 Å². The highest BCUT2D eigenvalue weighted by Crippen LogP contribution is 2.33. The summed E-state index contributed by atoms with van der Waals surface area (Å²) in [5, 5.41) is 3.72. The Morgan fingerprint density at radius 2 is 1.89 bits per heavy atom. The van der Waals surface area contributed by atoms with Crippen LogP contribution < -0.4 is 5.32 Å². The highest BCUT2D eigenvalue weighted by Gasteiger charge is 2.36. The van der Waals surface area contributed by atoms with Gasteiger partial charge in [-0.15, -0.1) is 0 Å². The lowest BCUT2D eigenvalue weighted by molar-refractivity contribution is 0.147. The van der Waals surface area contributed by atoms with E-state index in [4.69, 9.17) is 39.5 Å². The summed E-state index contributed by atoms with van der Waals surface area (Å²) in [4.78, 5) is 13.8. The molecular formula is C12H13Cl3N2O2. The van der Waals surface area contributed by atoms with Crippen LogP contribution in [0.4, 0.5) is 10.5 Å². The zero-order valence-electron chi connectivity index (χ0n) is 10.5. The number of carbonyl (C=O) groups excluding carboxylic acids is 1. The number of nitrogens with zero attached hydrogens (tertiary/aromatic N) is 1. The number of rotatable bonds is 1. The van der Waals surface area contributed by atoms with E-state index in [1.54, 1.807) is 4.90 Å². The third-order valence-corrected chi connectivity index (χ3v) is 3.94. The number of benzene rings is 1. The molecule has 0 atom stereocenters. The van der Waals surface area contributed by atoms with E-state index in [0.29, 0.717) is 27.4 Å². The SMILES string of the molecule is CC1(C)COCN1C(=O)Nc1cc(Cl)c(Cl)cc1Cl. The molecule has 4 nitrogen and oxygen atoms in total. The van der Waals surface area contributed by atoms with Crippen LogP contribution in [-0.2, 0) is 4.74 Å². The molecule has 0 radical (unpaired) electrons. The predicted octanol–water partition coefficient (Wildman–Crippen LogP) is 4.25. The van der Waals surface area contributed by atoms with Crippen LogP contribution in [0.2, 0.25) is 15.1 Å². The number of urea groups is 1. The Morgan fingerprint density at radius 1 is 1.26 bits per heavy atom. The normalized spacial score (nSPS) is 17.6. The van der Waals surface area contributed by atoms with Crippen molar-refractivity contribution in [2.75, 3.05) is 18.7 Å². The average molecular weight is 324 g/mol. The Hall–Kier alpha value is -0.680. The average Bonchev–Trinajstić information content (AvgIpc) is 2.65. The molecule has 1 aliphatic rings. The van der Waals surface area contributed by atoms with E-state index >= 15 is 0 Å². The number of anilines is 1. The van der Waals surface area contributed by atoms with Gasteiger partial charge in [0, 0.05) is 0 Å². The Labute approximate surface area is 126 Å². The summed E-state index contributed by atoms with van der Waals surface area (Å²) in [5.41, 5.74) is 0.0658. The van der Waals surface area contributed by atoms with Crippen LogP contribution in [0.5, 0.6) is 0 Å². The molecule has 1 aromatic carbocycles. The summed E-state index contributed by atoms with van der Waals surface area (Å²) in [6, 6.07) is 2.73. The van der Waals surface area contributed by atoms with Gasteiger partial charge in [0.05, 0.1) is 32.9 Å². The van der Waals surface area contributed by atoms with Gasteiger partial charge in [-0.05, 0) is 26.0 Å². The quantitative estimate of drug-likeness (QED) is 0.785. The molecule has 2 rings (SSSR count). The maximum Gasteiger partial charge on any atom is 0.324 e. The van der Waals surface area contributed by atoms with Gasteiger partial charge in [-0.3, -0.25) is 4.90 Å². The first-order valence-electron chi connectivity index (χ1n) is 5.62. The molecule has 0 aliphatic carbocycles. The molecule has 19 heavy (non-hydrogen) atoms. The fraction of sp³-hybridized carbons (Fsp3) is 0.417. The Balaban J connectivity index is 2.18. The van der Waals surface area contributed by atoms with Gasteiger partial charge in [-0.25, -0.2) is 4.79 Å². The van der Waals surface area contributed by atoms with Crippen LogP contribution in [0.15, 0.2) is 12.1 Å². The van der Waals surface area contributed by atoms with Crippen LogP contribution in [0.25, 0.3) is 0 Å². The molecule has 1 N–H and O–H groups in total. The van der Waals surface area contributed by atoms with Crippen LogP contribution in [0.3, 0.4) is 0 Å². The van der Waals surface area contributed by atoms with Gasteiger partial charge in [-0.1, -0.05) is 34.8 Å². The summed E-state index contributed by atoms with van der Waals surface area (Å²) in [6.45, 7) is 4.60. The van der Waals surface area contributed by atoms with E-state index < -0.39 is 0 Å². The second kappa shape index (κ2) is 5.37. The van der Waals surface area contributed by atoms with E-state index in [-0.39, 0.29) is 18.3 Å². The van der Waals surface area contributed by atoms with Crippen molar-refractivity contribution >= 4 is 46.5 Å². The molecule has 0 spiro atoms. The molecule has 0 aromatic heterocycles. The minimum absolute atomic E-state index is 0.248. The predicted molar refractivity (Wildman–Crippen MR) is 77.2 cm³/mol. The zero-order valence-corrected chi connectivity index (χ0v) is 12.7. The largest absolute Gasteiger partial charge is 0.359 e. The van der Waals surface area contributed by atoms with Gasteiger partial charge in [-0.2, -0.15) is 0 Å². The standard InChI is InChI=1S/C12H13Cl3N2O2/c1-12(2)5-19-6-17(12)11(18)16-10-4-8(14)7(13)3-9(10)15/h3-4H,5-6H2,1-2H3,(H,16,18). The number of hydrogen-bond acceptors (Lipinski definition) is 2. The van der Waals surface area contributed by atoms with E-state index in [1.807, 2.05) is 13.8 Å². The maximum absolute atomic E-state index is 12.2. The summed E-state index contributed by atoms with van der Waals surface area (Å²) < 4.78 is 5.29. The van der Waals surface area contributed by atoms with Crippen LogP contribution in [-0.4, -0.2) is 29.8 Å². The molecule has 1 aromatic rings. The summed E-state index contributed by atoms with van der Waals surface area (Å²) in [5.74, 6) is 0. The molecule has 1 heterocycles. The van der Waals surface area contributed by atoms with E-state index in [2.05, 4.69) is 5.32 Å². The zero-order chi connectivity index (χ0) is 14.2. The fourth-order valence-corrected chi connectivity index (χ4v) is 2.37. The number of carbonyl (C=O) groups is 1. The van der Waals surface area contributed by atoms with Crippen molar-refractivity contribution in [3.8, 4) is 0 Å². The Morgan fingerprint density at radius 3 is 2.47 bits per heavy atom. The van der Waals surface area contributed by atoms with Gasteiger partial charge in [0.2, 0.25) is 0 Å². The van der Waals surface area contributed by atoms with Crippen molar-refractivity contribution in [1.29, 1.82) is 0 Å². The molecule has 1 saturated heterocycles. The molecule has 2 amide bonds. The van der Waals surface area contributed by atoms with Crippen molar-refractivity contribution in [2.24, 2.45) is 0 Å². The first-order chi connectivity index (χ1) is 8.81. The summed E-state index contributed by atoms with van der Waals surface area (Å²) >= 11 is 17.8. The highest BCUT2D eigenvalue weighted by atomic mass is 35.5. The topological polar surface area (TPSA) is 41.6 Å². The molecule has 1 aliphatic heterocycles. The van der Waals surface area contributed by atoms with E-state index in [9.17, 15) is 4.79 Å². The van der Waals surface area contributed by atoms with Crippen LogP contribution >= 0.6 is 34.8 Å². The van der Waals surface area contributed by atoms with Crippen molar-refractivity contribution in [1.82, 2.24) is 4.90 Å². The molecule has 1 fully saturated rings. The number of amides is 2. The van der Waals surface area contributed by atoms with Crippen molar-refractivity contribution in [3.63, 3.8) is 0 Å². The maximum atomic E-state index is 12.2. The number of ether oxygens (including phenoxy) is 1. The first-order valence-corrected chi connectivity index (χ1v) is 6.75. The minimum atomic E-state index is -0.354. The summed E-state index contributed by atoms with van der Waals surface area (Å²) in [6.07, 6.45) is 0. The number of hydrogen-bond donors (Lipinski definition) is 1. The Bertz CT molecular complexity index is 520. The molecule has 0 bridgehead atoms. The third-order valence-electron chi connectivity index (χ3n) is 2.90. The van der Waals surface area contributed by atoms with Gasteiger partial charge >= 0.3 is 6.03 Å². The van der Waals surface area contributed by atoms with Gasteiger partial charge in [0.15, 0.2) is 0 Å². The monoisotopic (exact) mass is 322 g/mol. The smallest absolute Gasteiger partial charge is 0.324 e. The van der Waals surface area contributed by atoms with E-state index in [1.165, 1.54) is 12.1 Å². The van der Waals surface area contributed by atoms with Crippen molar-refractivity contribution in [3.05, 3.63) is 27.2 Å². The Kier molecular flexibility index (Phi) is 4.16. The lowest BCUT2D eigenvalue weighted by Gasteiger charge is -2.29. The van der Waals surface area contributed by atoms with Crippen molar-refractivity contribution < 1.29 is 9.53 Å². The first kappa shape index (κ1) is 14.7. The number of nitrogens with one attached hydrogen (secondary N) is 1. The minimum Gasteiger partial charge on any atom is -0.359 e.